The Kier molecular flexibility index (Phi) is 2.64. The fraction of sp³-hybridized carbons (Fsp3) is 0.0526. The second-order valence-electron chi connectivity index (χ2n) is 5.23. The average Bonchev–Trinajstić information content (AvgIpc) is 2.93. The number of hydrogen-bond acceptors (Lipinski definition) is 0. The Balaban J connectivity index is 2.18. The third-order valence-corrected chi connectivity index (χ3v) is 4.13. The topological polar surface area (TPSA) is 0 Å². The van der Waals surface area contributed by atoms with Gasteiger partial charge in [-0.3, -0.25) is 0 Å². The molecular formula is C19H12F2. The van der Waals surface area contributed by atoms with Crippen LogP contribution in [0.2, 0.25) is 0 Å². The van der Waals surface area contributed by atoms with Gasteiger partial charge in [-0.25, -0.2) is 0 Å². The first kappa shape index (κ1) is 12.3. The zero-order valence-electron chi connectivity index (χ0n) is 11.2. The van der Waals surface area contributed by atoms with Gasteiger partial charge in [0.15, 0.2) is 0 Å². The van der Waals surface area contributed by atoms with Gasteiger partial charge in [0.2, 0.25) is 0 Å². The summed E-state index contributed by atoms with van der Waals surface area (Å²) in [7, 11) is 0. The molecule has 2 aromatic rings. The maximum Gasteiger partial charge on any atom is 0.278 e. The molecule has 0 aliphatic heterocycles. The van der Waals surface area contributed by atoms with E-state index in [-0.39, 0.29) is 5.57 Å². The summed E-state index contributed by atoms with van der Waals surface area (Å²) >= 11 is 0. The summed E-state index contributed by atoms with van der Waals surface area (Å²) < 4.78 is 27.4. The lowest BCUT2D eigenvalue weighted by molar-refractivity contribution is 0.426. The number of benzene rings is 2. The molecule has 0 fully saturated rings. The molecule has 0 spiro atoms. The maximum atomic E-state index is 13.7. The van der Waals surface area contributed by atoms with Crippen molar-refractivity contribution in [2.45, 2.75) is 6.42 Å². The lowest BCUT2D eigenvalue weighted by Crippen LogP contribution is -1.94. The van der Waals surface area contributed by atoms with E-state index >= 15 is 0 Å². The number of fused-ring (bicyclic) bond motifs is 4. The van der Waals surface area contributed by atoms with Crippen LogP contribution < -0.4 is 0 Å². The van der Waals surface area contributed by atoms with Gasteiger partial charge in [-0.15, -0.1) is 0 Å². The Morgan fingerprint density at radius 2 is 1.33 bits per heavy atom. The number of allylic oxidation sites excluding steroid dienone is 4. The van der Waals surface area contributed by atoms with Crippen LogP contribution in [-0.4, -0.2) is 0 Å². The summed E-state index contributed by atoms with van der Waals surface area (Å²) in [5.41, 5.74) is 5.30. The molecule has 2 aromatic carbocycles. The Bertz CT molecular complexity index is 834. The first-order chi connectivity index (χ1) is 10.3. The highest BCUT2D eigenvalue weighted by Crippen LogP contribution is 2.46. The minimum atomic E-state index is -1.62. The lowest BCUT2D eigenvalue weighted by atomic mass is 9.92. The normalized spacial score (nSPS) is 15.4. The highest BCUT2D eigenvalue weighted by Gasteiger charge is 2.27. The van der Waals surface area contributed by atoms with Crippen LogP contribution in [0.3, 0.4) is 0 Å². The fourth-order valence-corrected chi connectivity index (χ4v) is 3.26. The zero-order valence-corrected chi connectivity index (χ0v) is 11.2. The van der Waals surface area contributed by atoms with E-state index < -0.39 is 6.08 Å². The Labute approximate surface area is 121 Å². The highest BCUT2D eigenvalue weighted by atomic mass is 19.3. The second-order valence-corrected chi connectivity index (χ2v) is 5.23. The van der Waals surface area contributed by atoms with Gasteiger partial charge in [0.1, 0.15) is 0 Å². The molecule has 0 saturated heterocycles. The molecule has 0 bridgehead atoms. The van der Waals surface area contributed by atoms with Crippen molar-refractivity contribution in [3.63, 3.8) is 0 Å². The van der Waals surface area contributed by atoms with Crippen LogP contribution in [0.1, 0.15) is 28.7 Å². The van der Waals surface area contributed by atoms with E-state index in [9.17, 15) is 8.78 Å². The average molecular weight is 278 g/mol. The molecule has 0 aromatic heterocycles. The minimum Gasteiger partial charge on any atom is -0.173 e. The van der Waals surface area contributed by atoms with Crippen molar-refractivity contribution in [2.75, 3.05) is 0 Å². The van der Waals surface area contributed by atoms with Gasteiger partial charge in [-0.2, -0.15) is 8.78 Å². The smallest absolute Gasteiger partial charge is 0.173 e. The van der Waals surface area contributed by atoms with Gasteiger partial charge >= 0.3 is 0 Å². The molecule has 0 atom stereocenters. The van der Waals surface area contributed by atoms with Gasteiger partial charge in [-0.1, -0.05) is 60.7 Å². The predicted octanol–water partition coefficient (Wildman–Crippen LogP) is 5.53. The number of halogens is 2. The summed E-state index contributed by atoms with van der Waals surface area (Å²) in [6, 6.07) is 14.9. The fourth-order valence-electron chi connectivity index (χ4n) is 3.26. The Morgan fingerprint density at radius 1 is 0.762 bits per heavy atom. The van der Waals surface area contributed by atoms with Gasteiger partial charge in [0.25, 0.3) is 6.08 Å². The molecule has 21 heavy (non-hydrogen) atoms. The summed E-state index contributed by atoms with van der Waals surface area (Å²) in [6.07, 6.45) is 3.31. The molecular weight excluding hydrogens is 266 g/mol. The van der Waals surface area contributed by atoms with E-state index in [1.807, 2.05) is 42.5 Å². The second kappa shape index (κ2) is 4.52. The number of hydrogen-bond donors (Lipinski definition) is 0. The van der Waals surface area contributed by atoms with Crippen LogP contribution in [-0.2, 0) is 0 Å². The Morgan fingerprint density at radius 3 is 2.00 bits per heavy atom. The van der Waals surface area contributed by atoms with Crippen molar-refractivity contribution in [1.82, 2.24) is 0 Å². The van der Waals surface area contributed by atoms with Gasteiger partial charge in [0.05, 0.1) is 5.57 Å². The molecule has 2 aliphatic carbocycles. The van der Waals surface area contributed by atoms with Crippen LogP contribution in [0.15, 0.2) is 66.8 Å². The minimum absolute atomic E-state index is 0.0593. The summed E-state index contributed by atoms with van der Waals surface area (Å²) in [4.78, 5) is 0. The van der Waals surface area contributed by atoms with Gasteiger partial charge in [-0.05, 0) is 39.8 Å². The summed E-state index contributed by atoms with van der Waals surface area (Å²) in [5.74, 6) is 0. The van der Waals surface area contributed by atoms with Crippen molar-refractivity contribution in [2.24, 2.45) is 0 Å². The standard InChI is InChI=1S/C19H12F2/c20-19(21)18-16-8-3-1-6-14(16)12-10-5-11-13(12)15-7-2-4-9-17(15)18/h1-10H,11H2. The summed E-state index contributed by atoms with van der Waals surface area (Å²) in [6.45, 7) is 0. The van der Waals surface area contributed by atoms with Crippen molar-refractivity contribution >= 4 is 16.7 Å². The lowest BCUT2D eigenvalue weighted by Gasteiger charge is -2.11. The van der Waals surface area contributed by atoms with Crippen molar-refractivity contribution < 1.29 is 8.78 Å². The molecule has 102 valence electrons. The third kappa shape index (κ3) is 1.72. The molecule has 0 unspecified atom stereocenters. The largest absolute Gasteiger partial charge is 0.278 e. The summed E-state index contributed by atoms with van der Waals surface area (Å²) in [5, 5.41) is 0. The van der Waals surface area contributed by atoms with Crippen molar-refractivity contribution in [1.29, 1.82) is 0 Å². The van der Waals surface area contributed by atoms with Gasteiger partial charge in [0, 0.05) is 0 Å². The monoisotopic (exact) mass is 278 g/mol. The molecule has 0 amide bonds. The molecule has 0 N–H and O–H groups in total. The van der Waals surface area contributed by atoms with Crippen LogP contribution in [0.25, 0.3) is 16.7 Å². The van der Waals surface area contributed by atoms with E-state index in [0.717, 1.165) is 28.7 Å². The molecule has 0 nitrogen and oxygen atoms in total. The number of rotatable bonds is 0. The predicted molar refractivity (Wildman–Crippen MR) is 81.7 cm³/mol. The van der Waals surface area contributed by atoms with Crippen molar-refractivity contribution in [3.8, 4) is 0 Å². The molecule has 2 aliphatic rings. The van der Waals surface area contributed by atoms with E-state index in [1.54, 1.807) is 12.1 Å². The van der Waals surface area contributed by atoms with Crippen LogP contribution in [0, 0.1) is 0 Å². The molecule has 2 heteroatoms. The third-order valence-electron chi connectivity index (χ3n) is 4.13. The van der Waals surface area contributed by atoms with Gasteiger partial charge < -0.3 is 0 Å². The molecule has 0 saturated carbocycles. The SMILES string of the molecule is FC(F)=C1c2ccccc2C2=C(CC=C2)c2ccccc21. The maximum absolute atomic E-state index is 13.7. The Hall–Kier alpha value is -2.48. The van der Waals surface area contributed by atoms with E-state index in [0.29, 0.717) is 11.1 Å². The molecule has 4 rings (SSSR count). The first-order valence-electron chi connectivity index (χ1n) is 6.92. The highest BCUT2D eigenvalue weighted by molar-refractivity contribution is 6.07. The quantitative estimate of drug-likeness (QED) is 0.594. The van der Waals surface area contributed by atoms with Crippen LogP contribution in [0.4, 0.5) is 8.78 Å². The zero-order chi connectivity index (χ0) is 14.4. The first-order valence-corrected chi connectivity index (χ1v) is 6.92. The van der Waals surface area contributed by atoms with E-state index in [4.69, 9.17) is 0 Å². The van der Waals surface area contributed by atoms with Crippen LogP contribution >= 0.6 is 0 Å². The molecule has 0 radical (unpaired) electrons. The van der Waals surface area contributed by atoms with Crippen molar-refractivity contribution in [3.05, 3.63) is 89.0 Å². The van der Waals surface area contributed by atoms with Crippen LogP contribution in [0.5, 0.6) is 0 Å². The van der Waals surface area contributed by atoms with E-state index in [1.165, 1.54) is 0 Å². The van der Waals surface area contributed by atoms with E-state index in [2.05, 4.69) is 6.08 Å². The molecule has 0 heterocycles.